The van der Waals surface area contributed by atoms with E-state index in [0.29, 0.717) is 5.92 Å². The summed E-state index contributed by atoms with van der Waals surface area (Å²) in [6, 6.07) is 0. The molecule has 88 valence electrons. The van der Waals surface area contributed by atoms with Crippen molar-refractivity contribution < 1.29 is 5.11 Å². The Hall–Kier alpha value is -0.0800. The highest BCUT2D eigenvalue weighted by Gasteiger charge is 2.43. The summed E-state index contributed by atoms with van der Waals surface area (Å²) in [7, 11) is 2.12. The molecule has 1 aliphatic heterocycles. The summed E-state index contributed by atoms with van der Waals surface area (Å²) in [5, 5.41) is 10.7. The van der Waals surface area contributed by atoms with Gasteiger partial charge in [-0.1, -0.05) is 26.2 Å². The maximum Gasteiger partial charge on any atom is 0.0814 e. The van der Waals surface area contributed by atoms with Crippen LogP contribution in [0.5, 0.6) is 0 Å². The van der Waals surface area contributed by atoms with Crippen molar-refractivity contribution in [3.05, 3.63) is 0 Å². The van der Waals surface area contributed by atoms with Gasteiger partial charge in [-0.15, -0.1) is 0 Å². The number of likely N-dealkylation sites (tertiary alicyclic amines) is 1. The van der Waals surface area contributed by atoms with E-state index in [-0.39, 0.29) is 5.60 Å². The van der Waals surface area contributed by atoms with Crippen LogP contribution in [-0.4, -0.2) is 35.7 Å². The molecule has 1 saturated heterocycles. The van der Waals surface area contributed by atoms with Gasteiger partial charge in [0.05, 0.1) is 5.60 Å². The molecule has 1 aliphatic carbocycles. The Bertz CT molecular complexity index is 219. The van der Waals surface area contributed by atoms with E-state index < -0.39 is 0 Å². The van der Waals surface area contributed by atoms with E-state index in [0.717, 1.165) is 25.4 Å². The van der Waals surface area contributed by atoms with Gasteiger partial charge in [-0.3, -0.25) is 0 Å². The number of aliphatic hydroxyl groups is 1. The number of hydrogen-bond donors (Lipinski definition) is 1. The molecule has 0 aromatic carbocycles. The third kappa shape index (κ3) is 2.36. The zero-order chi connectivity index (χ0) is 10.9. The fraction of sp³-hybridized carbons (Fsp3) is 1.00. The molecule has 2 rings (SSSR count). The average molecular weight is 211 g/mol. The predicted octanol–water partition coefficient (Wildman–Crippen LogP) is 2.27. The Kier molecular flexibility index (Phi) is 3.36. The molecule has 2 nitrogen and oxygen atoms in total. The molecule has 0 amide bonds. The normalized spacial score (nSPS) is 43.4. The van der Waals surface area contributed by atoms with Gasteiger partial charge < -0.3 is 10.0 Å². The first-order chi connectivity index (χ1) is 7.14. The Balaban J connectivity index is 1.97. The summed E-state index contributed by atoms with van der Waals surface area (Å²) in [5.74, 6) is 1.44. The van der Waals surface area contributed by atoms with Crippen molar-refractivity contribution in [2.24, 2.45) is 11.8 Å². The zero-order valence-electron chi connectivity index (χ0n) is 10.2. The summed E-state index contributed by atoms with van der Waals surface area (Å²) in [4.78, 5) is 2.27. The van der Waals surface area contributed by atoms with Gasteiger partial charge in [0, 0.05) is 13.1 Å². The minimum atomic E-state index is -0.359. The van der Waals surface area contributed by atoms with Gasteiger partial charge in [0.2, 0.25) is 0 Å². The molecule has 3 atom stereocenters. The van der Waals surface area contributed by atoms with Crippen molar-refractivity contribution in [1.29, 1.82) is 0 Å². The third-order valence-corrected chi connectivity index (χ3v) is 4.59. The first-order valence-corrected chi connectivity index (χ1v) is 6.55. The van der Waals surface area contributed by atoms with Crippen LogP contribution < -0.4 is 0 Å². The van der Waals surface area contributed by atoms with Crippen molar-refractivity contribution in [3.8, 4) is 0 Å². The summed E-state index contributed by atoms with van der Waals surface area (Å²) in [6.07, 6.45) is 7.52. The van der Waals surface area contributed by atoms with Gasteiger partial charge in [-0.05, 0) is 38.1 Å². The lowest BCUT2D eigenvalue weighted by Gasteiger charge is -2.38. The van der Waals surface area contributed by atoms with E-state index in [1.54, 1.807) is 0 Å². The van der Waals surface area contributed by atoms with Crippen LogP contribution in [0.25, 0.3) is 0 Å². The minimum Gasteiger partial charge on any atom is -0.388 e. The van der Waals surface area contributed by atoms with Crippen LogP contribution in [0.1, 0.15) is 45.4 Å². The van der Waals surface area contributed by atoms with E-state index in [9.17, 15) is 5.11 Å². The molecule has 2 heteroatoms. The molecule has 0 aromatic heterocycles. The highest BCUT2D eigenvalue weighted by atomic mass is 16.3. The molecular formula is C13H25NO. The second-order valence-corrected chi connectivity index (χ2v) is 5.73. The zero-order valence-corrected chi connectivity index (χ0v) is 10.2. The van der Waals surface area contributed by atoms with Crippen molar-refractivity contribution in [3.63, 3.8) is 0 Å². The Morgan fingerprint density at radius 3 is 2.80 bits per heavy atom. The number of β-amino-alcohol motifs (C(OH)–C–C–N with tert-alkyl or cyclic N) is 1. The topological polar surface area (TPSA) is 23.5 Å². The van der Waals surface area contributed by atoms with Crippen molar-refractivity contribution in [1.82, 2.24) is 4.90 Å². The van der Waals surface area contributed by atoms with Gasteiger partial charge >= 0.3 is 0 Å². The molecule has 0 spiro atoms. The largest absolute Gasteiger partial charge is 0.388 e. The first kappa shape index (κ1) is 11.4. The predicted molar refractivity (Wildman–Crippen MR) is 62.8 cm³/mol. The average Bonchev–Trinajstić information content (AvgIpc) is 2.60. The van der Waals surface area contributed by atoms with Crippen LogP contribution >= 0.6 is 0 Å². The molecule has 0 aromatic rings. The summed E-state index contributed by atoms with van der Waals surface area (Å²) in [6.45, 7) is 4.26. The molecule has 0 bridgehead atoms. The molecule has 3 unspecified atom stereocenters. The van der Waals surface area contributed by atoms with Crippen LogP contribution in [0.3, 0.4) is 0 Å². The highest BCUT2D eigenvalue weighted by Crippen LogP contribution is 2.40. The molecule has 1 N–H and O–H groups in total. The number of rotatable bonds is 2. The van der Waals surface area contributed by atoms with Crippen LogP contribution in [0.2, 0.25) is 0 Å². The fourth-order valence-electron chi connectivity index (χ4n) is 3.49. The lowest BCUT2D eigenvalue weighted by atomic mass is 9.71. The Morgan fingerprint density at radius 1 is 1.40 bits per heavy atom. The molecule has 0 radical (unpaired) electrons. The van der Waals surface area contributed by atoms with Gasteiger partial charge in [0.15, 0.2) is 0 Å². The summed E-state index contributed by atoms with van der Waals surface area (Å²) in [5.41, 5.74) is -0.359. The smallest absolute Gasteiger partial charge is 0.0814 e. The minimum absolute atomic E-state index is 0.359. The maximum atomic E-state index is 10.7. The lowest BCUT2D eigenvalue weighted by Crippen LogP contribution is -2.42. The van der Waals surface area contributed by atoms with Crippen LogP contribution in [0, 0.1) is 11.8 Å². The monoisotopic (exact) mass is 211 g/mol. The maximum absolute atomic E-state index is 10.7. The SMILES string of the molecule is CCC1CCCC(C2(O)CCN(C)C2)C1. The second kappa shape index (κ2) is 4.42. The quantitative estimate of drug-likeness (QED) is 0.757. The molecule has 2 aliphatic rings. The molecule has 2 fully saturated rings. The van der Waals surface area contributed by atoms with Gasteiger partial charge in [-0.25, -0.2) is 0 Å². The third-order valence-electron chi connectivity index (χ3n) is 4.59. The number of hydrogen-bond acceptors (Lipinski definition) is 2. The van der Waals surface area contributed by atoms with E-state index >= 15 is 0 Å². The van der Waals surface area contributed by atoms with Gasteiger partial charge in [-0.2, -0.15) is 0 Å². The molecular weight excluding hydrogens is 186 g/mol. The lowest BCUT2D eigenvalue weighted by molar-refractivity contribution is -0.0310. The van der Waals surface area contributed by atoms with E-state index in [4.69, 9.17) is 0 Å². The Morgan fingerprint density at radius 2 is 2.20 bits per heavy atom. The van der Waals surface area contributed by atoms with Gasteiger partial charge in [0.1, 0.15) is 0 Å². The van der Waals surface area contributed by atoms with Crippen LogP contribution in [-0.2, 0) is 0 Å². The van der Waals surface area contributed by atoms with E-state index in [1.807, 2.05) is 0 Å². The second-order valence-electron chi connectivity index (χ2n) is 5.73. The molecule has 1 heterocycles. The summed E-state index contributed by atoms with van der Waals surface area (Å²) >= 11 is 0. The standard InChI is InChI=1S/C13H25NO/c1-3-11-5-4-6-12(9-11)13(15)7-8-14(2)10-13/h11-12,15H,3-10H2,1-2H3. The van der Waals surface area contributed by atoms with Crippen molar-refractivity contribution in [2.45, 2.75) is 51.0 Å². The fourth-order valence-corrected chi connectivity index (χ4v) is 3.49. The number of nitrogens with zero attached hydrogens (tertiary/aromatic N) is 1. The Labute approximate surface area is 93.7 Å². The first-order valence-electron chi connectivity index (χ1n) is 6.55. The van der Waals surface area contributed by atoms with Crippen LogP contribution in [0.4, 0.5) is 0 Å². The highest BCUT2D eigenvalue weighted by molar-refractivity contribution is 4.96. The summed E-state index contributed by atoms with van der Waals surface area (Å²) < 4.78 is 0. The molecule has 1 saturated carbocycles. The van der Waals surface area contributed by atoms with Crippen LogP contribution in [0.15, 0.2) is 0 Å². The van der Waals surface area contributed by atoms with E-state index in [2.05, 4.69) is 18.9 Å². The molecule has 15 heavy (non-hydrogen) atoms. The van der Waals surface area contributed by atoms with Gasteiger partial charge in [0.25, 0.3) is 0 Å². The van der Waals surface area contributed by atoms with Crippen molar-refractivity contribution >= 4 is 0 Å². The van der Waals surface area contributed by atoms with Crippen molar-refractivity contribution in [2.75, 3.05) is 20.1 Å². The number of likely N-dealkylation sites (N-methyl/N-ethyl adjacent to an activating group) is 1. The van der Waals surface area contributed by atoms with E-state index in [1.165, 1.54) is 32.1 Å².